The van der Waals surface area contributed by atoms with Crippen LogP contribution >= 0.6 is 0 Å². The Morgan fingerprint density at radius 1 is 1.28 bits per heavy atom. The molecule has 4 heteroatoms. The van der Waals surface area contributed by atoms with Crippen LogP contribution in [-0.2, 0) is 0 Å². The molecule has 0 aliphatic rings. The molecule has 0 fully saturated rings. The van der Waals surface area contributed by atoms with Crippen molar-refractivity contribution in [2.24, 2.45) is 11.8 Å². The van der Waals surface area contributed by atoms with Crippen LogP contribution in [0.2, 0.25) is 0 Å². The van der Waals surface area contributed by atoms with Crippen molar-refractivity contribution in [2.45, 2.75) is 26.8 Å². The summed E-state index contributed by atoms with van der Waals surface area (Å²) in [5.74, 6) is 0.676. The van der Waals surface area contributed by atoms with Gasteiger partial charge in [0, 0.05) is 6.04 Å². The molecule has 2 N–H and O–H groups in total. The van der Waals surface area contributed by atoms with Crippen LogP contribution in [0.1, 0.15) is 32.4 Å². The van der Waals surface area contributed by atoms with E-state index in [0.717, 1.165) is 11.1 Å². The fourth-order valence-electron chi connectivity index (χ4n) is 2.27. The van der Waals surface area contributed by atoms with E-state index in [1.807, 2.05) is 25.2 Å². The molecule has 1 aromatic heterocycles. The second-order valence-corrected chi connectivity index (χ2v) is 5.14. The van der Waals surface area contributed by atoms with Crippen molar-refractivity contribution in [1.82, 2.24) is 10.3 Å². The number of hydrogen-bond acceptors (Lipinski definition) is 3. The standard InChI is InChI=1S/C14H20N2O2/c1-8(2)9(3)13(15-4)10-5-6-11-12(7-10)18-14(17)16-11/h5-9,13,15H,1-4H3,(H,16,17). The number of oxazole rings is 1. The molecule has 4 nitrogen and oxygen atoms in total. The molecule has 2 atom stereocenters. The first kappa shape index (κ1) is 12.9. The minimum atomic E-state index is -0.403. The van der Waals surface area contributed by atoms with Crippen LogP contribution in [0, 0.1) is 11.8 Å². The molecule has 1 aromatic carbocycles. The first-order valence-corrected chi connectivity index (χ1v) is 6.33. The molecule has 0 amide bonds. The molecule has 1 heterocycles. The lowest BCUT2D eigenvalue weighted by Crippen LogP contribution is -2.26. The molecule has 0 saturated heterocycles. The molecule has 2 unspecified atom stereocenters. The van der Waals surface area contributed by atoms with Crippen molar-refractivity contribution < 1.29 is 4.42 Å². The van der Waals surface area contributed by atoms with Crippen LogP contribution < -0.4 is 11.1 Å². The summed E-state index contributed by atoms with van der Waals surface area (Å²) >= 11 is 0. The van der Waals surface area contributed by atoms with Gasteiger partial charge in [0.1, 0.15) is 0 Å². The third-order valence-corrected chi connectivity index (χ3v) is 3.69. The van der Waals surface area contributed by atoms with E-state index >= 15 is 0 Å². The smallest absolute Gasteiger partial charge is 0.408 e. The van der Waals surface area contributed by atoms with E-state index in [1.165, 1.54) is 0 Å². The summed E-state index contributed by atoms with van der Waals surface area (Å²) in [7, 11) is 1.96. The Balaban J connectivity index is 2.41. The Morgan fingerprint density at radius 2 is 2.00 bits per heavy atom. The highest BCUT2D eigenvalue weighted by atomic mass is 16.4. The Bertz CT molecular complexity index is 583. The maximum Gasteiger partial charge on any atom is 0.417 e. The number of nitrogens with one attached hydrogen (secondary N) is 2. The van der Waals surface area contributed by atoms with Crippen molar-refractivity contribution in [3.05, 3.63) is 34.3 Å². The summed E-state index contributed by atoms with van der Waals surface area (Å²) in [6.45, 7) is 6.65. The van der Waals surface area contributed by atoms with E-state index in [-0.39, 0.29) is 6.04 Å². The van der Waals surface area contributed by atoms with Gasteiger partial charge in [-0.3, -0.25) is 4.98 Å². The van der Waals surface area contributed by atoms with E-state index in [9.17, 15) is 4.79 Å². The lowest BCUT2D eigenvalue weighted by molar-refractivity contribution is 0.317. The highest BCUT2D eigenvalue weighted by Crippen LogP contribution is 2.28. The zero-order valence-corrected chi connectivity index (χ0v) is 11.3. The maximum atomic E-state index is 11.1. The zero-order valence-electron chi connectivity index (χ0n) is 11.3. The number of aromatic nitrogens is 1. The highest BCUT2D eigenvalue weighted by molar-refractivity contribution is 5.72. The zero-order chi connectivity index (χ0) is 13.3. The molecule has 2 rings (SSSR count). The second-order valence-electron chi connectivity index (χ2n) is 5.14. The Morgan fingerprint density at radius 3 is 2.61 bits per heavy atom. The van der Waals surface area contributed by atoms with Crippen molar-refractivity contribution in [1.29, 1.82) is 0 Å². The SMILES string of the molecule is CNC(c1ccc2[nH]c(=O)oc2c1)C(C)C(C)C. The summed E-state index contributed by atoms with van der Waals surface area (Å²) in [6, 6.07) is 6.13. The summed E-state index contributed by atoms with van der Waals surface area (Å²) in [5, 5.41) is 3.34. The van der Waals surface area contributed by atoms with Gasteiger partial charge in [-0.1, -0.05) is 26.8 Å². The summed E-state index contributed by atoms with van der Waals surface area (Å²) < 4.78 is 5.10. The van der Waals surface area contributed by atoms with Crippen molar-refractivity contribution >= 4 is 11.1 Å². The topological polar surface area (TPSA) is 58.0 Å². The van der Waals surface area contributed by atoms with Crippen molar-refractivity contribution in [2.75, 3.05) is 7.05 Å². The fourth-order valence-corrected chi connectivity index (χ4v) is 2.27. The normalized spacial score (nSPS) is 15.2. The van der Waals surface area contributed by atoms with E-state index in [4.69, 9.17) is 4.42 Å². The van der Waals surface area contributed by atoms with Gasteiger partial charge in [-0.2, -0.15) is 0 Å². The molecule has 0 saturated carbocycles. The van der Waals surface area contributed by atoms with Gasteiger partial charge >= 0.3 is 5.76 Å². The molecule has 2 aromatic rings. The molecular formula is C14H20N2O2. The van der Waals surface area contributed by atoms with Crippen LogP contribution in [0.5, 0.6) is 0 Å². The van der Waals surface area contributed by atoms with E-state index < -0.39 is 5.76 Å². The molecule has 0 radical (unpaired) electrons. The van der Waals surface area contributed by atoms with Gasteiger partial charge in [0.2, 0.25) is 0 Å². The first-order valence-electron chi connectivity index (χ1n) is 6.33. The van der Waals surface area contributed by atoms with Gasteiger partial charge in [-0.05, 0) is 36.6 Å². The number of aromatic amines is 1. The predicted molar refractivity (Wildman–Crippen MR) is 72.6 cm³/mol. The quantitative estimate of drug-likeness (QED) is 0.874. The maximum absolute atomic E-state index is 11.1. The summed E-state index contributed by atoms with van der Waals surface area (Å²) in [5.41, 5.74) is 2.51. The largest absolute Gasteiger partial charge is 0.417 e. The monoisotopic (exact) mass is 248 g/mol. The molecule has 98 valence electrons. The average molecular weight is 248 g/mol. The Hall–Kier alpha value is -1.55. The molecule has 18 heavy (non-hydrogen) atoms. The number of benzene rings is 1. The fraction of sp³-hybridized carbons (Fsp3) is 0.500. The van der Waals surface area contributed by atoms with Gasteiger partial charge in [0.05, 0.1) is 5.52 Å². The van der Waals surface area contributed by atoms with Crippen molar-refractivity contribution in [3.8, 4) is 0 Å². The molecule has 0 aliphatic carbocycles. The van der Waals surface area contributed by atoms with Crippen LogP contribution in [0.15, 0.2) is 27.4 Å². The van der Waals surface area contributed by atoms with Crippen LogP contribution in [0.4, 0.5) is 0 Å². The van der Waals surface area contributed by atoms with Crippen LogP contribution in [-0.4, -0.2) is 12.0 Å². The predicted octanol–water partition coefficient (Wildman–Crippen LogP) is 2.67. The minimum Gasteiger partial charge on any atom is -0.408 e. The van der Waals surface area contributed by atoms with E-state index in [1.54, 1.807) is 0 Å². The summed E-state index contributed by atoms with van der Waals surface area (Å²) in [4.78, 5) is 13.8. The Labute approximate surface area is 106 Å². The molecule has 0 bridgehead atoms. The Kier molecular flexibility index (Phi) is 3.57. The van der Waals surface area contributed by atoms with Crippen molar-refractivity contribution in [3.63, 3.8) is 0 Å². The van der Waals surface area contributed by atoms with Gasteiger partial charge in [0.25, 0.3) is 0 Å². The highest BCUT2D eigenvalue weighted by Gasteiger charge is 2.21. The van der Waals surface area contributed by atoms with E-state index in [0.29, 0.717) is 17.4 Å². The molecular weight excluding hydrogens is 228 g/mol. The van der Waals surface area contributed by atoms with Gasteiger partial charge in [-0.25, -0.2) is 4.79 Å². The van der Waals surface area contributed by atoms with Crippen LogP contribution in [0.3, 0.4) is 0 Å². The number of hydrogen-bond donors (Lipinski definition) is 2. The lowest BCUT2D eigenvalue weighted by Gasteiger charge is -2.27. The first-order chi connectivity index (χ1) is 8.52. The van der Waals surface area contributed by atoms with Gasteiger partial charge in [0.15, 0.2) is 5.58 Å². The second kappa shape index (κ2) is 4.98. The van der Waals surface area contributed by atoms with E-state index in [2.05, 4.69) is 31.1 Å². The average Bonchev–Trinajstić information content (AvgIpc) is 2.69. The summed E-state index contributed by atoms with van der Waals surface area (Å²) in [6.07, 6.45) is 0. The lowest BCUT2D eigenvalue weighted by atomic mass is 9.86. The van der Waals surface area contributed by atoms with Gasteiger partial charge in [-0.15, -0.1) is 0 Å². The number of rotatable bonds is 4. The van der Waals surface area contributed by atoms with Crippen LogP contribution in [0.25, 0.3) is 11.1 Å². The molecule has 0 spiro atoms. The van der Waals surface area contributed by atoms with Gasteiger partial charge < -0.3 is 9.73 Å². The minimum absolute atomic E-state index is 0.259. The molecule has 0 aliphatic heterocycles. The number of H-pyrrole nitrogens is 1. The number of fused-ring (bicyclic) bond motifs is 1. The third kappa shape index (κ3) is 2.34. The third-order valence-electron chi connectivity index (χ3n) is 3.69.